The Balaban J connectivity index is 3.89. The van der Waals surface area contributed by atoms with Crippen LogP contribution in [0.5, 0.6) is 0 Å². The highest BCUT2D eigenvalue weighted by Crippen LogP contribution is 1.98. The van der Waals surface area contributed by atoms with E-state index >= 15 is 0 Å². The molecule has 0 aromatic rings. The van der Waals surface area contributed by atoms with Gasteiger partial charge in [0.25, 0.3) is 0 Å². The number of ether oxygens (including phenoxy) is 3. The Kier molecular flexibility index (Phi) is 12.9. The minimum absolute atomic E-state index is 0.165. The van der Waals surface area contributed by atoms with E-state index in [0.29, 0.717) is 33.0 Å². The average molecular weight is 279 g/mol. The number of hydrogen-bond donors (Lipinski definition) is 0. The molecule has 6 nitrogen and oxygen atoms in total. The second kappa shape index (κ2) is 13.2. The minimum Gasteiger partial charge on any atom is -0.382 e. The van der Waals surface area contributed by atoms with E-state index in [-0.39, 0.29) is 6.10 Å². The van der Waals surface area contributed by atoms with Gasteiger partial charge in [-0.1, -0.05) is 6.08 Å². The fourth-order valence-electron chi connectivity index (χ4n) is 0.924. The van der Waals surface area contributed by atoms with Crippen LogP contribution >= 0.6 is 0 Å². The highest BCUT2D eigenvalue weighted by atomic mass is 28.3. The Hall–Kier alpha value is -0.283. The van der Waals surface area contributed by atoms with Crippen molar-refractivity contribution in [2.45, 2.75) is 6.10 Å². The first-order valence-electron chi connectivity index (χ1n) is 5.67. The van der Waals surface area contributed by atoms with E-state index in [2.05, 4.69) is 6.58 Å². The molecule has 0 aromatic heterocycles. The Labute approximate surface area is 111 Å². The Bertz CT molecular complexity index is 182. The molecule has 0 aliphatic carbocycles. The molecular weight excluding hydrogens is 256 g/mol. The van der Waals surface area contributed by atoms with E-state index in [9.17, 15) is 0 Å². The van der Waals surface area contributed by atoms with Gasteiger partial charge in [-0.15, -0.1) is 6.58 Å². The van der Waals surface area contributed by atoms with Crippen molar-refractivity contribution >= 4 is 9.53 Å². The third kappa shape index (κ3) is 9.72. The van der Waals surface area contributed by atoms with Crippen molar-refractivity contribution in [3.63, 3.8) is 0 Å². The molecule has 0 bridgehead atoms. The molecule has 0 saturated heterocycles. The van der Waals surface area contributed by atoms with E-state index in [4.69, 9.17) is 27.5 Å². The van der Waals surface area contributed by atoms with E-state index in [1.807, 2.05) is 0 Å². The van der Waals surface area contributed by atoms with E-state index in [1.54, 1.807) is 27.4 Å². The zero-order chi connectivity index (χ0) is 13.6. The second-order valence-electron chi connectivity index (χ2n) is 3.25. The lowest BCUT2D eigenvalue weighted by molar-refractivity contribution is 0.0235. The van der Waals surface area contributed by atoms with Gasteiger partial charge in [0.1, 0.15) is 0 Å². The largest absolute Gasteiger partial charge is 0.578 e. The summed E-state index contributed by atoms with van der Waals surface area (Å²) in [5.74, 6) is 0. The van der Waals surface area contributed by atoms with Crippen LogP contribution in [0.2, 0.25) is 0 Å². The summed E-state index contributed by atoms with van der Waals surface area (Å²) < 4.78 is 31.4. The molecule has 107 valence electrons. The Morgan fingerprint density at radius 2 is 1.50 bits per heavy atom. The quantitative estimate of drug-likeness (QED) is 0.278. The van der Waals surface area contributed by atoms with Gasteiger partial charge in [0.05, 0.1) is 39.1 Å². The summed E-state index contributed by atoms with van der Waals surface area (Å²) in [4.78, 5) is 0. The summed E-state index contributed by atoms with van der Waals surface area (Å²) in [7, 11) is 3.03. The maximum absolute atomic E-state index is 5.53. The van der Waals surface area contributed by atoms with Crippen molar-refractivity contribution in [1.82, 2.24) is 0 Å². The third-order valence-electron chi connectivity index (χ3n) is 1.95. The van der Waals surface area contributed by atoms with Gasteiger partial charge in [0.2, 0.25) is 0 Å². The summed E-state index contributed by atoms with van der Waals surface area (Å²) in [5.41, 5.74) is 0. The third-order valence-corrected chi connectivity index (χ3v) is 3.23. The monoisotopic (exact) mass is 279 g/mol. The molecule has 0 aliphatic heterocycles. The van der Waals surface area contributed by atoms with Crippen LogP contribution < -0.4 is 0 Å². The summed E-state index contributed by atoms with van der Waals surface area (Å²) in [6, 6.07) is 0. The SMILES string of the molecule is C=CC(CO[Si](OCCOC)OCCOC)OC. The standard InChI is InChI=1S/C11H23O6Si/c1-5-11(14-4)10-17-18(15-8-6-12-2)16-9-7-13-3/h5,11H,1,6-10H2,2-4H3. The summed E-state index contributed by atoms with van der Waals surface area (Å²) >= 11 is 0. The predicted molar refractivity (Wildman–Crippen MR) is 68.4 cm³/mol. The van der Waals surface area contributed by atoms with Crippen LogP contribution in [0.4, 0.5) is 0 Å². The lowest BCUT2D eigenvalue weighted by Gasteiger charge is -2.17. The zero-order valence-electron chi connectivity index (χ0n) is 11.3. The maximum atomic E-state index is 5.53. The first kappa shape index (κ1) is 17.7. The predicted octanol–water partition coefficient (Wildman–Crippen LogP) is 0.515. The smallest absolute Gasteiger partial charge is 0.382 e. The van der Waals surface area contributed by atoms with Gasteiger partial charge in [-0.25, -0.2) is 0 Å². The van der Waals surface area contributed by atoms with Gasteiger partial charge in [0, 0.05) is 21.3 Å². The summed E-state index contributed by atoms with van der Waals surface area (Å²) in [5, 5.41) is 0. The summed E-state index contributed by atoms with van der Waals surface area (Å²) in [6.07, 6.45) is 1.51. The molecule has 0 aromatic carbocycles. The molecule has 0 amide bonds. The fourth-order valence-corrected chi connectivity index (χ4v) is 1.97. The zero-order valence-corrected chi connectivity index (χ0v) is 12.3. The molecule has 0 heterocycles. The molecule has 1 atom stereocenters. The lowest BCUT2D eigenvalue weighted by atomic mass is 10.4. The molecule has 7 heteroatoms. The van der Waals surface area contributed by atoms with Crippen LogP contribution in [0.15, 0.2) is 12.7 Å². The number of rotatable bonds is 13. The lowest BCUT2D eigenvalue weighted by Crippen LogP contribution is -2.33. The number of methoxy groups -OCH3 is 3. The van der Waals surface area contributed by atoms with Crippen LogP contribution in [0, 0.1) is 0 Å². The molecule has 1 radical (unpaired) electrons. The van der Waals surface area contributed by atoms with Crippen LogP contribution in [0.25, 0.3) is 0 Å². The van der Waals surface area contributed by atoms with Gasteiger partial charge in [-0.2, -0.15) is 0 Å². The Morgan fingerprint density at radius 3 is 1.89 bits per heavy atom. The van der Waals surface area contributed by atoms with Crippen molar-refractivity contribution in [3.8, 4) is 0 Å². The highest BCUT2D eigenvalue weighted by molar-refractivity contribution is 6.36. The van der Waals surface area contributed by atoms with Gasteiger partial charge in [-0.3, -0.25) is 0 Å². The fraction of sp³-hybridized carbons (Fsp3) is 0.818. The van der Waals surface area contributed by atoms with Crippen LogP contribution in [-0.2, 0) is 27.5 Å². The molecule has 0 rings (SSSR count). The maximum Gasteiger partial charge on any atom is 0.578 e. The average Bonchev–Trinajstić information content (AvgIpc) is 2.39. The van der Waals surface area contributed by atoms with Gasteiger partial charge in [0.15, 0.2) is 0 Å². The topological polar surface area (TPSA) is 55.4 Å². The van der Waals surface area contributed by atoms with Crippen LogP contribution in [0.3, 0.4) is 0 Å². The highest BCUT2D eigenvalue weighted by Gasteiger charge is 2.20. The van der Waals surface area contributed by atoms with Crippen molar-refractivity contribution in [1.29, 1.82) is 0 Å². The summed E-state index contributed by atoms with van der Waals surface area (Å²) in [6.45, 7) is 5.87. The Morgan fingerprint density at radius 1 is 0.944 bits per heavy atom. The van der Waals surface area contributed by atoms with E-state index in [1.165, 1.54) is 0 Å². The number of hydrogen-bond acceptors (Lipinski definition) is 6. The van der Waals surface area contributed by atoms with E-state index in [0.717, 1.165) is 0 Å². The first-order valence-corrected chi connectivity index (χ1v) is 6.89. The van der Waals surface area contributed by atoms with Crippen molar-refractivity contribution in [2.75, 3.05) is 54.4 Å². The van der Waals surface area contributed by atoms with Crippen molar-refractivity contribution < 1.29 is 27.5 Å². The van der Waals surface area contributed by atoms with Crippen LogP contribution in [-0.4, -0.2) is 70.0 Å². The van der Waals surface area contributed by atoms with Crippen molar-refractivity contribution in [2.24, 2.45) is 0 Å². The molecule has 0 N–H and O–H groups in total. The van der Waals surface area contributed by atoms with Gasteiger partial charge in [-0.05, 0) is 0 Å². The van der Waals surface area contributed by atoms with Gasteiger partial charge < -0.3 is 27.5 Å². The van der Waals surface area contributed by atoms with Crippen molar-refractivity contribution in [3.05, 3.63) is 12.7 Å². The van der Waals surface area contributed by atoms with E-state index < -0.39 is 9.53 Å². The van der Waals surface area contributed by atoms with Gasteiger partial charge >= 0.3 is 9.53 Å². The molecule has 0 spiro atoms. The normalized spacial score (nSPS) is 12.9. The molecule has 18 heavy (non-hydrogen) atoms. The molecular formula is C11H23O6Si. The molecule has 0 aliphatic rings. The second-order valence-corrected chi connectivity index (χ2v) is 4.62. The molecule has 0 fully saturated rings. The minimum atomic E-state index is -1.79. The van der Waals surface area contributed by atoms with Crippen LogP contribution in [0.1, 0.15) is 0 Å². The molecule has 1 unspecified atom stereocenters. The first-order chi connectivity index (χ1) is 8.78. The molecule has 0 saturated carbocycles.